The van der Waals surface area contributed by atoms with Crippen molar-refractivity contribution in [3.05, 3.63) is 46.3 Å². The summed E-state index contributed by atoms with van der Waals surface area (Å²) in [5, 5.41) is 11.0. The van der Waals surface area contributed by atoms with Crippen molar-refractivity contribution in [2.24, 2.45) is 0 Å². The van der Waals surface area contributed by atoms with Crippen LogP contribution in [-0.2, 0) is 23.1 Å². The lowest BCUT2D eigenvalue weighted by Crippen LogP contribution is -2.36. The molecule has 2 rings (SSSR count). The zero-order chi connectivity index (χ0) is 15.5. The third kappa shape index (κ3) is 3.68. The quantitative estimate of drug-likeness (QED) is 0.880. The van der Waals surface area contributed by atoms with Gasteiger partial charge in [0.2, 0.25) is 0 Å². The van der Waals surface area contributed by atoms with E-state index in [1.54, 1.807) is 24.5 Å². The summed E-state index contributed by atoms with van der Waals surface area (Å²) in [6.07, 6.45) is 2.05. The van der Waals surface area contributed by atoms with Crippen LogP contribution < -0.4 is 0 Å². The van der Waals surface area contributed by atoms with Crippen molar-refractivity contribution < 1.29 is 13.5 Å². The molecule has 1 atom stereocenters. The Morgan fingerprint density at radius 1 is 1.38 bits per heavy atom. The molecule has 0 aromatic carbocycles. The Balaban J connectivity index is 2.16. The number of hydrogen-bond donors (Lipinski definition) is 1. The molecule has 114 valence electrons. The molecule has 0 spiro atoms. The van der Waals surface area contributed by atoms with Crippen molar-refractivity contribution >= 4 is 21.4 Å². The highest BCUT2D eigenvalue weighted by molar-refractivity contribution is 7.89. The molecular weight excluding hydrogens is 308 g/mol. The van der Waals surface area contributed by atoms with Crippen LogP contribution in [0.1, 0.15) is 17.4 Å². The van der Waals surface area contributed by atoms with Gasteiger partial charge in [0.25, 0.3) is 10.0 Å². The molecule has 0 aliphatic rings. The van der Waals surface area contributed by atoms with Crippen LogP contribution >= 0.6 is 11.3 Å². The molecular formula is C14H18N2O3S2. The van der Waals surface area contributed by atoms with E-state index >= 15 is 0 Å². The topological polar surface area (TPSA) is 70.5 Å². The SMILES string of the molecule is CC(Cc1cccs1)N(C)S(=O)(=O)c1ccc(CO)cn1. The van der Waals surface area contributed by atoms with E-state index in [1.807, 2.05) is 24.4 Å². The second-order valence-corrected chi connectivity index (χ2v) is 7.79. The van der Waals surface area contributed by atoms with E-state index in [1.165, 1.54) is 16.6 Å². The molecule has 1 unspecified atom stereocenters. The predicted molar refractivity (Wildman–Crippen MR) is 82.6 cm³/mol. The molecule has 0 saturated carbocycles. The third-order valence-electron chi connectivity index (χ3n) is 3.32. The highest BCUT2D eigenvalue weighted by atomic mass is 32.2. The third-order valence-corrected chi connectivity index (χ3v) is 6.11. The average molecular weight is 326 g/mol. The smallest absolute Gasteiger partial charge is 0.260 e. The average Bonchev–Trinajstić information content (AvgIpc) is 2.99. The Labute approximate surface area is 128 Å². The molecule has 2 aromatic heterocycles. The van der Waals surface area contributed by atoms with Crippen molar-refractivity contribution in [3.8, 4) is 0 Å². The van der Waals surface area contributed by atoms with Gasteiger partial charge in [0.15, 0.2) is 5.03 Å². The van der Waals surface area contributed by atoms with E-state index in [0.717, 1.165) is 4.88 Å². The lowest BCUT2D eigenvalue weighted by molar-refractivity contribution is 0.281. The molecule has 0 saturated heterocycles. The van der Waals surface area contributed by atoms with E-state index in [-0.39, 0.29) is 17.7 Å². The van der Waals surface area contributed by atoms with Crippen LogP contribution in [0.4, 0.5) is 0 Å². The standard InChI is InChI=1S/C14H18N2O3S2/c1-11(8-13-4-3-7-20-13)16(2)21(18,19)14-6-5-12(10-17)9-15-14/h3-7,9,11,17H,8,10H2,1-2H3. The van der Waals surface area contributed by atoms with Crippen LogP contribution in [-0.4, -0.2) is 35.9 Å². The normalized spacial score (nSPS) is 13.5. The Kier molecular flexibility index (Phi) is 5.10. The minimum absolute atomic E-state index is 0.000213. The summed E-state index contributed by atoms with van der Waals surface area (Å²) < 4.78 is 26.4. The van der Waals surface area contributed by atoms with Crippen LogP contribution in [0, 0.1) is 0 Å². The van der Waals surface area contributed by atoms with Gasteiger partial charge in [0.1, 0.15) is 0 Å². The largest absolute Gasteiger partial charge is 0.392 e. The van der Waals surface area contributed by atoms with Gasteiger partial charge in [-0.2, -0.15) is 4.31 Å². The predicted octanol–water partition coefficient (Wildman–Crippen LogP) is 1.89. The van der Waals surface area contributed by atoms with Gasteiger partial charge in [-0.15, -0.1) is 11.3 Å². The minimum atomic E-state index is -3.62. The van der Waals surface area contributed by atoms with Crippen molar-refractivity contribution in [2.45, 2.75) is 31.0 Å². The van der Waals surface area contributed by atoms with Crippen LogP contribution in [0.15, 0.2) is 40.9 Å². The molecule has 2 aromatic rings. The van der Waals surface area contributed by atoms with Gasteiger partial charge in [0.05, 0.1) is 6.61 Å². The van der Waals surface area contributed by atoms with Gasteiger partial charge in [-0.1, -0.05) is 12.1 Å². The Morgan fingerprint density at radius 2 is 2.14 bits per heavy atom. The van der Waals surface area contributed by atoms with E-state index in [9.17, 15) is 8.42 Å². The number of sulfonamides is 1. The second kappa shape index (κ2) is 6.65. The molecule has 0 bridgehead atoms. The number of aliphatic hydroxyl groups excluding tert-OH is 1. The van der Waals surface area contributed by atoms with Gasteiger partial charge < -0.3 is 5.11 Å². The van der Waals surface area contributed by atoms with Crippen LogP contribution in [0.5, 0.6) is 0 Å². The van der Waals surface area contributed by atoms with Crippen LogP contribution in [0.25, 0.3) is 0 Å². The Bertz CT molecular complexity index is 667. The monoisotopic (exact) mass is 326 g/mol. The number of hydrogen-bond acceptors (Lipinski definition) is 5. The van der Waals surface area contributed by atoms with E-state index in [2.05, 4.69) is 4.98 Å². The van der Waals surface area contributed by atoms with Crippen molar-refractivity contribution in [3.63, 3.8) is 0 Å². The first kappa shape index (κ1) is 16.1. The van der Waals surface area contributed by atoms with E-state index < -0.39 is 10.0 Å². The number of thiophene rings is 1. The van der Waals surface area contributed by atoms with Gasteiger partial charge >= 0.3 is 0 Å². The zero-order valence-corrected chi connectivity index (χ0v) is 13.6. The summed E-state index contributed by atoms with van der Waals surface area (Å²) in [7, 11) is -2.06. The first-order valence-corrected chi connectivity index (χ1v) is 8.83. The second-order valence-electron chi connectivity index (χ2n) is 4.82. The summed E-state index contributed by atoms with van der Waals surface area (Å²) in [6.45, 7) is 1.72. The number of aliphatic hydroxyl groups is 1. The molecule has 0 aliphatic carbocycles. The minimum Gasteiger partial charge on any atom is -0.392 e. The number of likely N-dealkylation sites (N-methyl/N-ethyl adjacent to an activating group) is 1. The number of aromatic nitrogens is 1. The van der Waals surface area contributed by atoms with E-state index in [4.69, 9.17) is 5.11 Å². The van der Waals surface area contributed by atoms with Crippen LogP contribution in [0.3, 0.4) is 0 Å². The summed E-state index contributed by atoms with van der Waals surface area (Å²) in [5.41, 5.74) is 0.586. The summed E-state index contributed by atoms with van der Waals surface area (Å²) in [4.78, 5) is 5.08. The highest BCUT2D eigenvalue weighted by Crippen LogP contribution is 2.19. The molecule has 0 radical (unpaired) electrons. The van der Waals surface area contributed by atoms with Crippen molar-refractivity contribution in [1.82, 2.24) is 9.29 Å². The molecule has 0 aliphatic heterocycles. The zero-order valence-electron chi connectivity index (χ0n) is 11.9. The van der Waals surface area contributed by atoms with E-state index in [0.29, 0.717) is 12.0 Å². The number of rotatable bonds is 6. The lowest BCUT2D eigenvalue weighted by Gasteiger charge is -2.23. The van der Waals surface area contributed by atoms with Gasteiger partial charge in [-0.3, -0.25) is 0 Å². The summed E-state index contributed by atoms with van der Waals surface area (Å²) in [6, 6.07) is 6.78. The first-order chi connectivity index (χ1) is 9.95. The molecule has 7 heteroatoms. The maximum Gasteiger partial charge on any atom is 0.260 e. The maximum atomic E-state index is 12.5. The number of pyridine rings is 1. The van der Waals surface area contributed by atoms with Gasteiger partial charge in [-0.25, -0.2) is 13.4 Å². The lowest BCUT2D eigenvalue weighted by atomic mass is 10.2. The molecule has 0 fully saturated rings. The fraction of sp³-hybridized carbons (Fsp3) is 0.357. The Morgan fingerprint density at radius 3 is 2.67 bits per heavy atom. The van der Waals surface area contributed by atoms with Crippen LogP contribution in [0.2, 0.25) is 0 Å². The van der Waals surface area contributed by atoms with Gasteiger partial charge in [0, 0.05) is 24.2 Å². The summed E-state index contributed by atoms with van der Waals surface area (Å²) >= 11 is 1.62. The fourth-order valence-electron chi connectivity index (χ4n) is 1.89. The Hall–Kier alpha value is -1.28. The molecule has 0 amide bonds. The van der Waals surface area contributed by atoms with Crippen molar-refractivity contribution in [1.29, 1.82) is 0 Å². The molecule has 1 N–H and O–H groups in total. The maximum absolute atomic E-state index is 12.5. The van der Waals surface area contributed by atoms with Gasteiger partial charge in [-0.05, 0) is 36.4 Å². The fourth-order valence-corrected chi connectivity index (χ4v) is 3.99. The molecule has 21 heavy (non-hydrogen) atoms. The first-order valence-electron chi connectivity index (χ1n) is 6.51. The summed E-state index contributed by atoms with van der Waals surface area (Å²) in [5.74, 6) is 0. The highest BCUT2D eigenvalue weighted by Gasteiger charge is 2.26. The molecule has 5 nitrogen and oxygen atoms in total. The molecule has 2 heterocycles. The van der Waals surface area contributed by atoms with Crippen molar-refractivity contribution in [2.75, 3.05) is 7.05 Å². The number of nitrogens with zero attached hydrogens (tertiary/aromatic N) is 2.